The van der Waals surface area contributed by atoms with Gasteiger partial charge in [-0.25, -0.2) is 9.07 Å². The minimum atomic E-state index is -1.09. The lowest BCUT2D eigenvalue weighted by Gasteiger charge is -2.15. The highest BCUT2D eigenvalue weighted by Crippen LogP contribution is 2.22. The summed E-state index contributed by atoms with van der Waals surface area (Å²) in [5.74, 6) is -1.51. The Balaban J connectivity index is 0.000000272. The minimum Gasteiger partial charge on any atom is -0.505 e. The van der Waals surface area contributed by atoms with Gasteiger partial charge < -0.3 is 14.9 Å². The van der Waals surface area contributed by atoms with Crippen LogP contribution in [0.1, 0.15) is 67.6 Å². The maximum absolute atomic E-state index is 13.0. The predicted molar refractivity (Wildman–Crippen MR) is 140 cm³/mol. The Hall–Kier alpha value is -3.92. The molecule has 1 heterocycles. The summed E-state index contributed by atoms with van der Waals surface area (Å²) in [4.78, 5) is 32.7. The third kappa shape index (κ3) is 10.6. The zero-order chi connectivity index (χ0) is 27.9. The van der Waals surface area contributed by atoms with Gasteiger partial charge in [0.25, 0.3) is 0 Å². The SMILES string of the molecule is CC(=O)Cn1nc(C(=O)N=O)cc1OCc1ccc(F)c(O)c1.CC1CCCCC1.OCc1ccccc1. The fourth-order valence-corrected chi connectivity index (χ4v) is 3.69. The molecule has 0 bridgehead atoms. The van der Waals surface area contributed by atoms with Crippen LogP contribution in [0.4, 0.5) is 4.39 Å². The van der Waals surface area contributed by atoms with E-state index >= 15 is 0 Å². The standard InChI is InChI=1S/C14H12FN3O5.C7H8O.C7H14/c1-8(19)6-18-13(5-11(16-18)14(21)17-22)23-7-9-2-3-10(15)12(20)4-9;8-6-7-4-2-1-3-5-7;1-7-5-3-2-4-6-7/h2-5,20H,6-7H2,1H3;1-5,8H,6H2;7H,2-6H2,1H3. The molecule has 3 aromatic rings. The van der Waals surface area contributed by atoms with E-state index < -0.39 is 17.5 Å². The van der Waals surface area contributed by atoms with E-state index in [4.69, 9.17) is 9.84 Å². The fraction of sp³-hybridized carbons (Fsp3) is 0.393. The predicted octanol–water partition coefficient (Wildman–Crippen LogP) is 5.57. The summed E-state index contributed by atoms with van der Waals surface area (Å²) in [7, 11) is 0. The Labute approximate surface area is 221 Å². The van der Waals surface area contributed by atoms with Crippen molar-refractivity contribution in [2.45, 2.75) is 65.7 Å². The Morgan fingerprint density at radius 3 is 2.26 bits per heavy atom. The number of phenolic OH excluding ortho intramolecular Hbond substituents is 1. The van der Waals surface area contributed by atoms with E-state index in [9.17, 15) is 24.0 Å². The second-order valence-corrected chi connectivity index (χ2v) is 9.09. The van der Waals surface area contributed by atoms with Crippen LogP contribution in [0.2, 0.25) is 0 Å². The molecule has 1 fully saturated rings. The van der Waals surface area contributed by atoms with Gasteiger partial charge in [-0.15, -0.1) is 4.91 Å². The fourth-order valence-electron chi connectivity index (χ4n) is 3.69. The highest BCUT2D eigenvalue weighted by molar-refractivity contribution is 5.93. The molecule has 204 valence electrons. The Morgan fingerprint density at radius 1 is 1.08 bits per heavy atom. The second kappa shape index (κ2) is 16.0. The first-order valence-corrected chi connectivity index (χ1v) is 12.4. The number of hydrogen-bond donors (Lipinski definition) is 2. The highest BCUT2D eigenvalue weighted by atomic mass is 19.1. The third-order valence-corrected chi connectivity index (χ3v) is 5.73. The first kappa shape index (κ1) is 30.3. The number of aliphatic hydroxyl groups is 1. The van der Waals surface area contributed by atoms with Gasteiger partial charge in [-0.2, -0.15) is 5.10 Å². The first-order valence-electron chi connectivity index (χ1n) is 12.4. The van der Waals surface area contributed by atoms with Crippen LogP contribution in [0.3, 0.4) is 0 Å². The number of benzene rings is 2. The molecule has 38 heavy (non-hydrogen) atoms. The maximum Gasteiger partial charge on any atom is 0.337 e. The van der Waals surface area contributed by atoms with Crippen LogP contribution >= 0.6 is 0 Å². The van der Waals surface area contributed by atoms with Gasteiger partial charge in [0.2, 0.25) is 5.88 Å². The quantitative estimate of drug-likeness (QED) is 0.384. The largest absolute Gasteiger partial charge is 0.505 e. The van der Waals surface area contributed by atoms with Crippen molar-refractivity contribution in [1.29, 1.82) is 0 Å². The van der Waals surface area contributed by atoms with E-state index in [-0.39, 0.29) is 37.1 Å². The number of ketones is 1. The summed E-state index contributed by atoms with van der Waals surface area (Å²) in [6.07, 6.45) is 7.44. The van der Waals surface area contributed by atoms with Crippen molar-refractivity contribution < 1.29 is 28.9 Å². The number of Topliss-reactive ketones (excluding diaryl/α,β-unsaturated/α-hetero) is 1. The Kier molecular flexibility index (Phi) is 12.8. The van der Waals surface area contributed by atoms with E-state index in [1.165, 1.54) is 57.2 Å². The number of aliphatic hydroxyl groups excluding tert-OH is 1. The molecule has 1 amide bonds. The van der Waals surface area contributed by atoms with Crippen molar-refractivity contribution in [1.82, 2.24) is 9.78 Å². The van der Waals surface area contributed by atoms with Gasteiger partial charge in [0.05, 0.1) is 6.61 Å². The van der Waals surface area contributed by atoms with E-state index in [2.05, 4.69) is 17.2 Å². The molecule has 10 heteroatoms. The molecule has 9 nitrogen and oxygen atoms in total. The molecule has 0 unspecified atom stereocenters. The van der Waals surface area contributed by atoms with Crippen molar-refractivity contribution >= 4 is 11.7 Å². The minimum absolute atomic E-state index is 0.0658. The molecular formula is C28H34FN3O6. The van der Waals surface area contributed by atoms with Crippen molar-refractivity contribution in [3.8, 4) is 11.6 Å². The summed E-state index contributed by atoms with van der Waals surface area (Å²) in [5, 5.41) is 23.9. The number of aromatic nitrogens is 2. The van der Waals surface area contributed by atoms with Gasteiger partial charge in [-0.3, -0.25) is 9.59 Å². The molecular weight excluding hydrogens is 493 g/mol. The van der Waals surface area contributed by atoms with Crippen LogP contribution < -0.4 is 4.74 Å². The average Bonchev–Trinajstić information content (AvgIpc) is 3.32. The Morgan fingerprint density at radius 2 is 1.76 bits per heavy atom. The number of ether oxygens (including phenoxy) is 1. The van der Waals surface area contributed by atoms with Gasteiger partial charge in [-0.05, 0) is 36.1 Å². The van der Waals surface area contributed by atoms with Crippen LogP contribution in [0, 0.1) is 16.6 Å². The number of carbonyl (C=O) groups excluding carboxylic acids is 2. The lowest BCUT2D eigenvalue weighted by molar-refractivity contribution is -0.117. The smallest absolute Gasteiger partial charge is 0.337 e. The van der Waals surface area contributed by atoms with Crippen LogP contribution in [-0.4, -0.2) is 31.7 Å². The summed E-state index contributed by atoms with van der Waals surface area (Å²) < 4.78 is 19.5. The number of phenols is 1. The zero-order valence-corrected chi connectivity index (χ0v) is 21.7. The van der Waals surface area contributed by atoms with Crippen LogP contribution in [0.5, 0.6) is 11.6 Å². The molecule has 0 saturated heterocycles. The van der Waals surface area contributed by atoms with Crippen molar-refractivity contribution in [3.05, 3.63) is 82.1 Å². The highest BCUT2D eigenvalue weighted by Gasteiger charge is 2.17. The summed E-state index contributed by atoms with van der Waals surface area (Å²) in [5.41, 5.74) is 1.17. The molecule has 1 aromatic heterocycles. The van der Waals surface area contributed by atoms with E-state index in [1.54, 1.807) is 0 Å². The van der Waals surface area contributed by atoms with E-state index in [0.717, 1.165) is 22.2 Å². The van der Waals surface area contributed by atoms with Crippen LogP contribution in [0.15, 0.2) is 59.8 Å². The lowest BCUT2D eigenvalue weighted by atomic mass is 9.91. The van der Waals surface area contributed by atoms with Gasteiger partial charge in [0.1, 0.15) is 13.2 Å². The normalized spacial score (nSPS) is 12.8. The molecule has 0 aliphatic heterocycles. The molecule has 0 spiro atoms. The number of halogens is 1. The van der Waals surface area contributed by atoms with Crippen LogP contribution in [0.25, 0.3) is 0 Å². The molecule has 1 aliphatic carbocycles. The number of nitroso groups, excluding NO2 is 1. The van der Waals surface area contributed by atoms with Crippen molar-refractivity contribution in [2.75, 3.05) is 0 Å². The number of hydrogen-bond acceptors (Lipinski definition) is 7. The molecule has 0 radical (unpaired) electrons. The number of carbonyl (C=O) groups is 2. The van der Waals surface area contributed by atoms with Gasteiger partial charge in [0.15, 0.2) is 23.0 Å². The van der Waals surface area contributed by atoms with E-state index in [1.807, 2.05) is 30.3 Å². The van der Waals surface area contributed by atoms with Crippen LogP contribution in [-0.2, 0) is 24.6 Å². The summed E-state index contributed by atoms with van der Waals surface area (Å²) >= 11 is 0. The summed E-state index contributed by atoms with van der Waals surface area (Å²) in [6, 6.07) is 14.4. The molecule has 1 saturated carbocycles. The van der Waals surface area contributed by atoms with Gasteiger partial charge in [-0.1, -0.05) is 75.4 Å². The number of nitrogens with zero attached hydrogens (tertiary/aromatic N) is 3. The van der Waals surface area contributed by atoms with Crippen molar-refractivity contribution in [3.63, 3.8) is 0 Å². The Bertz CT molecular complexity index is 1180. The average molecular weight is 528 g/mol. The summed E-state index contributed by atoms with van der Waals surface area (Å²) in [6.45, 7) is 3.60. The molecule has 1 aliphatic rings. The third-order valence-electron chi connectivity index (χ3n) is 5.73. The van der Waals surface area contributed by atoms with E-state index in [0.29, 0.717) is 5.56 Å². The zero-order valence-electron chi connectivity index (χ0n) is 21.7. The maximum atomic E-state index is 13.0. The van der Waals surface area contributed by atoms with Gasteiger partial charge in [0, 0.05) is 11.2 Å². The number of amides is 1. The molecule has 0 atom stereocenters. The van der Waals surface area contributed by atoms with Gasteiger partial charge >= 0.3 is 5.91 Å². The molecule has 2 N–H and O–H groups in total. The number of rotatable bonds is 7. The second-order valence-electron chi connectivity index (χ2n) is 9.09. The topological polar surface area (TPSA) is 131 Å². The van der Waals surface area contributed by atoms with Crippen molar-refractivity contribution in [2.24, 2.45) is 11.1 Å². The number of aromatic hydroxyl groups is 1. The molecule has 2 aromatic carbocycles. The monoisotopic (exact) mass is 527 g/mol. The molecule has 4 rings (SSSR count). The lowest BCUT2D eigenvalue weighted by Crippen LogP contribution is -2.11. The first-order chi connectivity index (χ1) is 18.2.